The Bertz CT molecular complexity index is 736. The van der Waals surface area contributed by atoms with E-state index < -0.39 is 0 Å². The van der Waals surface area contributed by atoms with Crippen LogP contribution >= 0.6 is 11.6 Å². The Morgan fingerprint density at radius 1 is 1.15 bits per heavy atom. The van der Waals surface area contributed by atoms with E-state index in [1.165, 1.54) is 12.1 Å². The lowest BCUT2D eigenvalue weighted by Gasteiger charge is -2.06. The number of nitrogens with one attached hydrogen (secondary N) is 1. The predicted molar refractivity (Wildman–Crippen MR) is 79.2 cm³/mol. The van der Waals surface area contributed by atoms with E-state index in [9.17, 15) is 9.90 Å². The molecule has 0 atom stereocenters. The summed E-state index contributed by atoms with van der Waals surface area (Å²) in [6.45, 7) is 0. The molecule has 2 aromatic rings. The molecule has 1 aliphatic rings. The van der Waals surface area contributed by atoms with Crippen molar-refractivity contribution in [3.05, 3.63) is 58.6 Å². The van der Waals surface area contributed by atoms with Crippen LogP contribution in [-0.4, -0.2) is 11.0 Å². The maximum atomic E-state index is 12.1. The lowest BCUT2D eigenvalue weighted by Crippen LogP contribution is -2.09. The highest BCUT2D eigenvalue weighted by Crippen LogP contribution is 2.36. The molecule has 4 nitrogen and oxygen atoms in total. The maximum absolute atomic E-state index is 12.1. The fraction of sp³-hybridized carbons (Fsp3) is 0. The Hall–Kier alpha value is -2.46. The first-order chi connectivity index (χ1) is 9.56. The van der Waals surface area contributed by atoms with Gasteiger partial charge < -0.3 is 16.2 Å². The van der Waals surface area contributed by atoms with Crippen LogP contribution in [0.25, 0.3) is 11.3 Å². The molecule has 0 aromatic heterocycles. The van der Waals surface area contributed by atoms with Gasteiger partial charge in [-0.1, -0.05) is 11.6 Å². The fourth-order valence-electron chi connectivity index (χ4n) is 2.19. The topological polar surface area (TPSA) is 75.4 Å². The molecule has 20 heavy (non-hydrogen) atoms. The molecule has 0 unspecified atom stereocenters. The first-order valence-corrected chi connectivity index (χ1v) is 6.34. The molecule has 0 saturated carbocycles. The number of benzene rings is 2. The Balaban J connectivity index is 2.18. The van der Waals surface area contributed by atoms with Crippen molar-refractivity contribution in [1.29, 1.82) is 0 Å². The van der Waals surface area contributed by atoms with Crippen LogP contribution in [-0.2, 0) is 4.79 Å². The number of hydrogen-bond acceptors (Lipinski definition) is 3. The summed E-state index contributed by atoms with van der Waals surface area (Å²) in [6, 6.07) is 11.5. The van der Waals surface area contributed by atoms with Crippen molar-refractivity contribution in [2.75, 3.05) is 5.32 Å². The predicted octanol–water partition coefficient (Wildman–Crippen LogP) is 2.82. The number of amides is 1. The summed E-state index contributed by atoms with van der Waals surface area (Å²) in [6.07, 6.45) is 0. The summed E-state index contributed by atoms with van der Waals surface area (Å²) >= 11 is 5.97. The van der Waals surface area contributed by atoms with Crippen LogP contribution in [0.15, 0.2) is 42.5 Å². The third-order valence-electron chi connectivity index (χ3n) is 3.17. The largest absolute Gasteiger partial charge is 0.508 e. The molecular formula is C15H11ClN2O2. The lowest BCUT2D eigenvalue weighted by atomic mass is 10.0. The van der Waals surface area contributed by atoms with Gasteiger partial charge in [0.1, 0.15) is 5.75 Å². The molecule has 2 aromatic carbocycles. The first-order valence-electron chi connectivity index (χ1n) is 5.96. The van der Waals surface area contributed by atoms with Crippen molar-refractivity contribution in [2.24, 2.45) is 5.73 Å². The Kier molecular flexibility index (Phi) is 2.88. The molecule has 5 heteroatoms. The molecule has 0 aliphatic carbocycles. The van der Waals surface area contributed by atoms with Gasteiger partial charge in [0.2, 0.25) is 0 Å². The van der Waals surface area contributed by atoms with E-state index in [0.29, 0.717) is 33.1 Å². The van der Waals surface area contributed by atoms with Gasteiger partial charge in [-0.2, -0.15) is 0 Å². The molecule has 0 radical (unpaired) electrons. The first kappa shape index (κ1) is 12.6. The molecule has 1 heterocycles. The summed E-state index contributed by atoms with van der Waals surface area (Å²) in [4.78, 5) is 12.1. The molecule has 0 bridgehead atoms. The summed E-state index contributed by atoms with van der Waals surface area (Å²) < 4.78 is 0. The molecule has 3 rings (SSSR count). The Labute approximate surface area is 120 Å². The maximum Gasteiger partial charge on any atom is 0.258 e. The van der Waals surface area contributed by atoms with Gasteiger partial charge in [0, 0.05) is 16.3 Å². The van der Waals surface area contributed by atoms with Crippen molar-refractivity contribution < 1.29 is 9.90 Å². The van der Waals surface area contributed by atoms with Crippen LogP contribution in [0.5, 0.6) is 5.75 Å². The van der Waals surface area contributed by atoms with E-state index in [4.69, 9.17) is 17.3 Å². The zero-order chi connectivity index (χ0) is 14.3. The van der Waals surface area contributed by atoms with E-state index in [-0.39, 0.29) is 11.7 Å². The summed E-state index contributed by atoms with van der Waals surface area (Å²) in [7, 11) is 0. The van der Waals surface area contributed by atoms with Gasteiger partial charge in [-0.15, -0.1) is 0 Å². The zero-order valence-corrected chi connectivity index (χ0v) is 11.1. The number of hydrogen-bond donors (Lipinski definition) is 3. The van der Waals surface area contributed by atoms with Gasteiger partial charge in [0.25, 0.3) is 5.91 Å². The van der Waals surface area contributed by atoms with Crippen molar-refractivity contribution in [3.8, 4) is 5.75 Å². The summed E-state index contributed by atoms with van der Waals surface area (Å²) in [5, 5.41) is 12.6. The number of carbonyl (C=O) groups is 1. The SMILES string of the molecule is NC(=C1C(=O)Nc2ccc(Cl)cc21)c1ccc(O)cc1. The molecule has 0 saturated heterocycles. The van der Waals surface area contributed by atoms with Crippen molar-refractivity contribution in [2.45, 2.75) is 0 Å². The number of halogens is 1. The number of rotatable bonds is 1. The van der Waals surface area contributed by atoms with Crippen LogP contribution in [0.3, 0.4) is 0 Å². The lowest BCUT2D eigenvalue weighted by molar-refractivity contribution is -0.110. The van der Waals surface area contributed by atoms with E-state index in [1.54, 1.807) is 30.3 Å². The van der Waals surface area contributed by atoms with Gasteiger partial charge in [-0.3, -0.25) is 4.79 Å². The highest BCUT2D eigenvalue weighted by atomic mass is 35.5. The Morgan fingerprint density at radius 3 is 2.55 bits per heavy atom. The van der Waals surface area contributed by atoms with Gasteiger partial charge in [-0.25, -0.2) is 0 Å². The van der Waals surface area contributed by atoms with Crippen LogP contribution in [0.4, 0.5) is 5.69 Å². The highest BCUT2D eigenvalue weighted by Gasteiger charge is 2.27. The minimum absolute atomic E-state index is 0.144. The molecule has 4 N–H and O–H groups in total. The minimum atomic E-state index is -0.257. The van der Waals surface area contributed by atoms with Crippen molar-refractivity contribution >= 4 is 34.5 Å². The average Bonchev–Trinajstić information content (AvgIpc) is 2.74. The third kappa shape index (κ3) is 2.00. The number of carbonyl (C=O) groups excluding carboxylic acids is 1. The number of fused-ring (bicyclic) bond motifs is 1. The monoisotopic (exact) mass is 286 g/mol. The van der Waals surface area contributed by atoms with Gasteiger partial charge in [0.15, 0.2) is 0 Å². The fourth-order valence-corrected chi connectivity index (χ4v) is 2.36. The summed E-state index contributed by atoms with van der Waals surface area (Å²) in [5.74, 6) is -0.112. The standard InChI is InChI=1S/C15H11ClN2O2/c16-9-3-6-12-11(7-9)13(15(20)18-12)14(17)8-1-4-10(19)5-2-8/h1-7,19H,17H2,(H,18,20). The molecule has 0 spiro atoms. The van der Waals surface area contributed by atoms with Crippen molar-refractivity contribution in [1.82, 2.24) is 0 Å². The molecular weight excluding hydrogens is 276 g/mol. The van der Waals surface area contributed by atoms with Gasteiger partial charge >= 0.3 is 0 Å². The van der Waals surface area contributed by atoms with Gasteiger partial charge in [-0.05, 0) is 48.0 Å². The molecule has 1 amide bonds. The number of phenolic OH excluding ortho intramolecular Hbond substituents is 1. The highest BCUT2D eigenvalue weighted by molar-refractivity contribution is 6.38. The number of nitrogens with two attached hydrogens (primary N) is 1. The molecule has 100 valence electrons. The second kappa shape index (κ2) is 4.58. The number of aromatic hydroxyl groups is 1. The average molecular weight is 287 g/mol. The number of anilines is 1. The van der Waals surface area contributed by atoms with Crippen LogP contribution in [0.1, 0.15) is 11.1 Å². The smallest absolute Gasteiger partial charge is 0.258 e. The Morgan fingerprint density at radius 2 is 1.85 bits per heavy atom. The summed E-state index contributed by atoms with van der Waals surface area (Å²) in [5.41, 5.74) is 8.89. The second-order valence-electron chi connectivity index (χ2n) is 4.48. The molecule has 1 aliphatic heterocycles. The van der Waals surface area contributed by atoms with Crippen LogP contribution in [0, 0.1) is 0 Å². The normalized spacial score (nSPS) is 15.8. The van der Waals surface area contributed by atoms with E-state index in [2.05, 4.69) is 5.32 Å². The molecule has 0 fully saturated rings. The zero-order valence-electron chi connectivity index (χ0n) is 10.4. The quantitative estimate of drug-likeness (QED) is 0.706. The van der Waals surface area contributed by atoms with E-state index >= 15 is 0 Å². The van der Waals surface area contributed by atoms with E-state index in [0.717, 1.165) is 0 Å². The minimum Gasteiger partial charge on any atom is -0.508 e. The third-order valence-corrected chi connectivity index (χ3v) is 3.41. The van der Waals surface area contributed by atoms with E-state index in [1.807, 2.05) is 0 Å². The second-order valence-corrected chi connectivity index (χ2v) is 4.92. The van der Waals surface area contributed by atoms with Crippen molar-refractivity contribution in [3.63, 3.8) is 0 Å². The van der Waals surface area contributed by atoms with Gasteiger partial charge in [0.05, 0.1) is 11.3 Å². The van der Waals surface area contributed by atoms with Crippen LogP contribution in [0.2, 0.25) is 5.02 Å². The number of phenols is 1. The van der Waals surface area contributed by atoms with Crippen LogP contribution < -0.4 is 11.1 Å².